The van der Waals surface area contributed by atoms with Gasteiger partial charge in [-0.25, -0.2) is 0 Å². The minimum atomic E-state index is -0.122. The SMILES string of the molecule is [CH2]COC(=O)CCCCC. The topological polar surface area (TPSA) is 26.3 Å². The summed E-state index contributed by atoms with van der Waals surface area (Å²) < 4.78 is 4.64. The summed E-state index contributed by atoms with van der Waals surface area (Å²) in [6.45, 7) is 5.77. The number of rotatable bonds is 5. The second kappa shape index (κ2) is 6.59. The van der Waals surface area contributed by atoms with E-state index in [1.165, 1.54) is 0 Å². The summed E-state index contributed by atoms with van der Waals surface area (Å²) in [6, 6.07) is 0. The summed E-state index contributed by atoms with van der Waals surface area (Å²) in [7, 11) is 0. The van der Waals surface area contributed by atoms with Crippen molar-refractivity contribution in [2.24, 2.45) is 0 Å². The van der Waals surface area contributed by atoms with E-state index in [1.54, 1.807) is 0 Å². The Morgan fingerprint density at radius 2 is 2.20 bits per heavy atom. The highest BCUT2D eigenvalue weighted by molar-refractivity contribution is 5.69. The van der Waals surface area contributed by atoms with E-state index in [0.717, 1.165) is 19.3 Å². The third-order valence-electron chi connectivity index (χ3n) is 1.25. The molecule has 0 spiro atoms. The fraction of sp³-hybridized carbons (Fsp3) is 0.750. The average Bonchev–Trinajstić information content (AvgIpc) is 1.89. The van der Waals surface area contributed by atoms with E-state index in [9.17, 15) is 4.79 Å². The van der Waals surface area contributed by atoms with Gasteiger partial charge in [0.1, 0.15) is 0 Å². The van der Waals surface area contributed by atoms with E-state index in [1.807, 2.05) is 0 Å². The van der Waals surface area contributed by atoms with Crippen LogP contribution in [0.3, 0.4) is 0 Å². The highest BCUT2D eigenvalue weighted by Gasteiger charge is 1.98. The van der Waals surface area contributed by atoms with Crippen molar-refractivity contribution in [3.8, 4) is 0 Å². The van der Waals surface area contributed by atoms with E-state index in [4.69, 9.17) is 0 Å². The molecule has 59 valence electrons. The maximum Gasteiger partial charge on any atom is 0.305 e. The Morgan fingerprint density at radius 3 is 2.70 bits per heavy atom. The summed E-state index contributed by atoms with van der Waals surface area (Å²) in [6.07, 6.45) is 3.72. The van der Waals surface area contributed by atoms with Gasteiger partial charge in [-0.15, -0.1) is 0 Å². The number of ether oxygens (including phenoxy) is 1. The molecule has 0 saturated heterocycles. The average molecular weight is 143 g/mol. The fourth-order valence-corrected chi connectivity index (χ4v) is 0.705. The summed E-state index contributed by atoms with van der Waals surface area (Å²) in [5.74, 6) is -0.122. The Hall–Kier alpha value is -0.530. The first-order valence-electron chi connectivity index (χ1n) is 3.76. The van der Waals surface area contributed by atoms with Crippen molar-refractivity contribution in [1.29, 1.82) is 0 Å². The molecule has 0 heterocycles. The maximum absolute atomic E-state index is 10.7. The summed E-state index contributed by atoms with van der Waals surface area (Å²) in [4.78, 5) is 10.7. The van der Waals surface area contributed by atoms with Crippen LogP contribution in [0.2, 0.25) is 0 Å². The van der Waals surface area contributed by atoms with Gasteiger partial charge in [0, 0.05) is 6.42 Å². The van der Waals surface area contributed by atoms with Crippen LogP contribution in [0.25, 0.3) is 0 Å². The van der Waals surface area contributed by atoms with Gasteiger partial charge in [-0.1, -0.05) is 19.8 Å². The van der Waals surface area contributed by atoms with E-state index in [-0.39, 0.29) is 12.6 Å². The molecule has 0 aromatic heterocycles. The van der Waals surface area contributed by atoms with Crippen molar-refractivity contribution in [2.75, 3.05) is 6.61 Å². The van der Waals surface area contributed by atoms with E-state index < -0.39 is 0 Å². The van der Waals surface area contributed by atoms with Crippen LogP contribution in [0.15, 0.2) is 0 Å². The zero-order valence-corrected chi connectivity index (χ0v) is 6.56. The van der Waals surface area contributed by atoms with E-state index >= 15 is 0 Å². The second-order valence-electron chi connectivity index (χ2n) is 2.18. The van der Waals surface area contributed by atoms with Crippen LogP contribution in [0.4, 0.5) is 0 Å². The number of hydrogen-bond acceptors (Lipinski definition) is 2. The number of unbranched alkanes of at least 4 members (excludes halogenated alkanes) is 2. The molecular weight excluding hydrogens is 128 g/mol. The van der Waals surface area contributed by atoms with Crippen LogP contribution in [0.1, 0.15) is 32.6 Å². The zero-order chi connectivity index (χ0) is 7.82. The third-order valence-corrected chi connectivity index (χ3v) is 1.25. The van der Waals surface area contributed by atoms with Crippen molar-refractivity contribution in [1.82, 2.24) is 0 Å². The van der Waals surface area contributed by atoms with Gasteiger partial charge < -0.3 is 4.74 Å². The molecule has 2 heteroatoms. The Morgan fingerprint density at radius 1 is 1.50 bits per heavy atom. The van der Waals surface area contributed by atoms with Crippen molar-refractivity contribution in [2.45, 2.75) is 32.6 Å². The normalized spacial score (nSPS) is 9.40. The molecule has 0 saturated carbocycles. The monoisotopic (exact) mass is 143 g/mol. The predicted octanol–water partition coefficient (Wildman–Crippen LogP) is 1.94. The molecule has 0 N–H and O–H groups in total. The molecule has 0 unspecified atom stereocenters. The predicted molar refractivity (Wildman–Crippen MR) is 40.5 cm³/mol. The smallest absolute Gasteiger partial charge is 0.305 e. The van der Waals surface area contributed by atoms with Gasteiger partial charge in [0.05, 0.1) is 6.61 Å². The van der Waals surface area contributed by atoms with Crippen molar-refractivity contribution in [3.05, 3.63) is 6.92 Å². The molecule has 0 aromatic rings. The minimum absolute atomic E-state index is 0.122. The molecule has 2 nitrogen and oxygen atoms in total. The van der Waals surface area contributed by atoms with E-state index in [0.29, 0.717) is 6.42 Å². The molecule has 0 amide bonds. The van der Waals surface area contributed by atoms with Gasteiger partial charge in [-0.3, -0.25) is 4.79 Å². The standard InChI is InChI=1S/C8H15O2/c1-3-5-6-7-8(9)10-4-2/h2-7H2,1H3. The molecule has 0 aliphatic rings. The number of carbonyl (C=O) groups is 1. The summed E-state index contributed by atoms with van der Waals surface area (Å²) in [5, 5.41) is 0. The Balaban J connectivity index is 3.05. The first-order chi connectivity index (χ1) is 4.81. The lowest BCUT2D eigenvalue weighted by Gasteiger charge is -1.99. The Bertz CT molecular complexity index is 89.3. The van der Waals surface area contributed by atoms with Crippen LogP contribution in [0, 0.1) is 6.92 Å². The number of esters is 1. The largest absolute Gasteiger partial charge is 0.466 e. The minimum Gasteiger partial charge on any atom is -0.466 e. The van der Waals surface area contributed by atoms with Crippen molar-refractivity contribution in [3.63, 3.8) is 0 Å². The van der Waals surface area contributed by atoms with Crippen LogP contribution < -0.4 is 0 Å². The first kappa shape index (κ1) is 9.47. The molecule has 0 atom stereocenters. The maximum atomic E-state index is 10.7. The van der Waals surface area contributed by atoms with Crippen LogP contribution in [0.5, 0.6) is 0 Å². The summed E-state index contributed by atoms with van der Waals surface area (Å²) >= 11 is 0. The van der Waals surface area contributed by atoms with Crippen LogP contribution in [-0.2, 0) is 9.53 Å². The molecular formula is C8H15O2. The number of hydrogen-bond donors (Lipinski definition) is 0. The fourth-order valence-electron chi connectivity index (χ4n) is 0.705. The van der Waals surface area contributed by atoms with Crippen LogP contribution >= 0.6 is 0 Å². The molecule has 1 radical (unpaired) electrons. The lowest BCUT2D eigenvalue weighted by atomic mass is 10.2. The van der Waals surface area contributed by atoms with Crippen LogP contribution in [-0.4, -0.2) is 12.6 Å². The first-order valence-corrected chi connectivity index (χ1v) is 3.76. The van der Waals surface area contributed by atoms with Crippen molar-refractivity contribution < 1.29 is 9.53 Å². The third kappa shape index (κ3) is 5.60. The molecule has 0 aromatic carbocycles. The van der Waals surface area contributed by atoms with Gasteiger partial charge in [0.15, 0.2) is 0 Å². The van der Waals surface area contributed by atoms with Gasteiger partial charge in [-0.2, -0.15) is 0 Å². The molecule has 0 fully saturated rings. The Kier molecular flexibility index (Phi) is 6.24. The highest BCUT2D eigenvalue weighted by Crippen LogP contribution is 1.99. The number of carbonyl (C=O) groups excluding carboxylic acids is 1. The molecule has 0 bridgehead atoms. The molecule has 10 heavy (non-hydrogen) atoms. The lowest BCUT2D eigenvalue weighted by Crippen LogP contribution is -2.02. The Labute approximate surface area is 62.6 Å². The molecule has 0 aliphatic carbocycles. The summed E-state index contributed by atoms with van der Waals surface area (Å²) in [5.41, 5.74) is 0. The second-order valence-corrected chi connectivity index (χ2v) is 2.18. The van der Waals surface area contributed by atoms with Gasteiger partial charge in [0.2, 0.25) is 0 Å². The van der Waals surface area contributed by atoms with Gasteiger partial charge in [-0.05, 0) is 13.3 Å². The highest BCUT2D eigenvalue weighted by atomic mass is 16.5. The quantitative estimate of drug-likeness (QED) is 0.434. The van der Waals surface area contributed by atoms with Crippen molar-refractivity contribution >= 4 is 5.97 Å². The molecule has 0 rings (SSSR count). The van der Waals surface area contributed by atoms with Gasteiger partial charge >= 0.3 is 5.97 Å². The lowest BCUT2D eigenvalue weighted by molar-refractivity contribution is -0.142. The zero-order valence-electron chi connectivity index (χ0n) is 6.56. The molecule has 0 aliphatic heterocycles. The van der Waals surface area contributed by atoms with E-state index in [2.05, 4.69) is 18.6 Å². The van der Waals surface area contributed by atoms with Gasteiger partial charge in [0.25, 0.3) is 0 Å².